The summed E-state index contributed by atoms with van der Waals surface area (Å²) in [6.07, 6.45) is 3.29. The molecule has 0 atom stereocenters. The van der Waals surface area contributed by atoms with Gasteiger partial charge in [-0.1, -0.05) is 35.0 Å². The van der Waals surface area contributed by atoms with E-state index in [9.17, 15) is 14.4 Å². The van der Waals surface area contributed by atoms with Crippen molar-refractivity contribution in [2.75, 3.05) is 5.32 Å². The Hall–Kier alpha value is -3.92. The highest BCUT2D eigenvalue weighted by Crippen LogP contribution is 2.26. The van der Waals surface area contributed by atoms with Crippen LogP contribution >= 0.6 is 11.8 Å². The highest BCUT2D eigenvalue weighted by Gasteiger charge is 2.24. The van der Waals surface area contributed by atoms with E-state index in [0.717, 1.165) is 28.6 Å². The van der Waals surface area contributed by atoms with E-state index in [4.69, 9.17) is 4.74 Å². The molecule has 3 aromatic rings. The van der Waals surface area contributed by atoms with Gasteiger partial charge in [0.1, 0.15) is 24.6 Å². The number of ether oxygens (including phenoxy) is 1. The van der Waals surface area contributed by atoms with Crippen LogP contribution in [0.15, 0.2) is 59.6 Å². The molecule has 0 aliphatic carbocycles. The first-order valence-electron chi connectivity index (χ1n) is 9.68. The first-order chi connectivity index (χ1) is 15.4. The van der Waals surface area contributed by atoms with Crippen LogP contribution in [-0.4, -0.2) is 32.0 Å². The fourth-order valence-electron chi connectivity index (χ4n) is 2.86. The average molecular weight is 449 g/mol. The van der Waals surface area contributed by atoms with Crippen LogP contribution in [0.3, 0.4) is 0 Å². The molecule has 1 fully saturated rings. The van der Waals surface area contributed by atoms with Crippen molar-refractivity contribution in [3.63, 3.8) is 0 Å². The summed E-state index contributed by atoms with van der Waals surface area (Å²) in [4.78, 5) is 35.3. The van der Waals surface area contributed by atoms with Crippen LogP contribution in [-0.2, 0) is 22.7 Å². The first kappa shape index (κ1) is 21.3. The van der Waals surface area contributed by atoms with E-state index in [1.807, 2.05) is 31.2 Å². The van der Waals surface area contributed by atoms with Crippen molar-refractivity contribution in [1.29, 1.82) is 0 Å². The van der Waals surface area contributed by atoms with Crippen molar-refractivity contribution in [3.8, 4) is 5.75 Å². The molecule has 32 heavy (non-hydrogen) atoms. The molecule has 9 nitrogen and oxygen atoms in total. The van der Waals surface area contributed by atoms with Crippen molar-refractivity contribution in [3.05, 3.63) is 76.5 Å². The summed E-state index contributed by atoms with van der Waals surface area (Å²) >= 11 is 0.872. The summed E-state index contributed by atoms with van der Waals surface area (Å²) in [7, 11) is 0. The van der Waals surface area contributed by atoms with Crippen LogP contribution < -0.4 is 15.4 Å². The zero-order chi connectivity index (χ0) is 22.5. The maximum atomic E-state index is 12.2. The fraction of sp³-hybridized carbons (Fsp3) is 0.136. The number of nitrogens with zero attached hydrogens (tertiary/aromatic N) is 3. The molecule has 0 bridgehead atoms. The minimum absolute atomic E-state index is 0.0400. The van der Waals surface area contributed by atoms with E-state index in [-0.39, 0.29) is 24.3 Å². The summed E-state index contributed by atoms with van der Waals surface area (Å²) in [6.45, 7) is 2.21. The predicted octanol–water partition coefficient (Wildman–Crippen LogP) is 3.13. The SMILES string of the molecule is Cc1ccc(NC(=O)Cn2cc(COc3ccc(C=C4SC(=O)NC4=O)cc3)nn2)cc1. The topological polar surface area (TPSA) is 115 Å². The van der Waals surface area contributed by atoms with Gasteiger partial charge in [-0.25, -0.2) is 4.68 Å². The summed E-state index contributed by atoms with van der Waals surface area (Å²) in [5.41, 5.74) is 3.20. The lowest BCUT2D eigenvalue weighted by Gasteiger charge is -2.05. The third kappa shape index (κ3) is 5.61. The van der Waals surface area contributed by atoms with Crippen LogP contribution in [0.25, 0.3) is 6.08 Å². The lowest BCUT2D eigenvalue weighted by molar-refractivity contribution is -0.117. The molecular formula is C22H19N5O4S. The van der Waals surface area contributed by atoms with E-state index in [1.54, 1.807) is 36.5 Å². The second-order valence-corrected chi connectivity index (χ2v) is 8.05. The van der Waals surface area contributed by atoms with E-state index in [1.165, 1.54) is 4.68 Å². The van der Waals surface area contributed by atoms with Crippen molar-refractivity contribution < 1.29 is 19.1 Å². The van der Waals surface area contributed by atoms with Crippen LogP contribution in [0.4, 0.5) is 10.5 Å². The smallest absolute Gasteiger partial charge is 0.290 e. The van der Waals surface area contributed by atoms with Gasteiger partial charge in [-0.2, -0.15) is 0 Å². The summed E-state index contributed by atoms with van der Waals surface area (Å²) in [5.74, 6) is 0.0149. The molecule has 0 radical (unpaired) electrons. The summed E-state index contributed by atoms with van der Waals surface area (Å²) < 4.78 is 7.15. The number of hydrogen-bond acceptors (Lipinski definition) is 7. The number of hydrogen-bond donors (Lipinski definition) is 2. The number of aryl methyl sites for hydroxylation is 1. The van der Waals surface area contributed by atoms with Gasteiger partial charge in [-0.05, 0) is 54.6 Å². The third-order valence-electron chi connectivity index (χ3n) is 4.43. The number of imide groups is 1. The van der Waals surface area contributed by atoms with Gasteiger partial charge in [-0.3, -0.25) is 19.7 Å². The van der Waals surface area contributed by atoms with Crippen LogP contribution in [0, 0.1) is 6.92 Å². The van der Waals surface area contributed by atoms with Gasteiger partial charge in [0.2, 0.25) is 5.91 Å². The highest BCUT2D eigenvalue weighted by atomic mass is 32.2. The zero-order valence-corrected chi connectivity index (χ0v) is 17.9. The molecule has 1 aromatic heterocycles. The maximum absolute atomic E-state index is 12.2. The summed E-state index contributed by atoms with van der Waals surface area (Å²) in [6, 6.07) is 14.6. The van der Waals surface area contributed by atoms with E-state index >= 15 is 0 Å². The lowest BCUT2D eigenvalue weighted by atomic mass is 10.2. The Morgan fingerprint density at radius 2 is 1.91 bits per heavy atom. The lowest BCUT2D eigenvalue weighted by Crippen LogP contribution is -2.19. The Morgan fingerprint density at radius 3 is 2.59 bits per heavy atom. The van der Waals surface area contributed by atoms with Crippen molar-refractivity contribution >= 4 is 40.6 Å². The number of carbonyl (C=O) groups is 3. The molecule has 0 saturated carbocycles. The number of nitrogens with one attached hydrogen (secondary N) is 2. The fourth-order valence-corrected chi connectivity index (χ4v) is 3.54. The van der Waals surface area contributed by atoms with Gasteiger partial charge in [-0.15, -0.1) is 5.10 Å². The van der Waals surface area contributed by atoms with Crippen LogP contribution in [0.5, 0.6) is 5.75 Å². The molecule has 162 valence electrons. The molecule has 3 amide bonds. The number of amides is 3. The van der Waals surface area contributed by atoms with Crippen LogP contribution in [0.2, 0.25) is 0 Å². The Labute approximate surface area is 187 Å². The molecule has 0 unspecified atom stereocenters. The van der Waals surface area contributed by atoms with Crippen molar-refractivity contribution in [2.24, 2.45) is 0 Å². The monoisotopic (exact) mass is 449 g/mol. The van der Waals surface area contributed by atoms with Gasteiger partial charge in [0.15, 0.2) is 0 Å². The number of rotatable bonds is 7. The quantitative estimate of drug-likeness (QED) is 0.533. The van der Waals surface area contributed by atoms with Crippen molar-refractivity contribution in [2.45, 2.75) is 20.1 Å². The molecule has 10 heteroatoms. The van der Waals surface area contributed by atoms with Gasteiger partial charge >= 0.3 is 0 Å². The first-order valence-corrected chi connectivity index (χ1v) is 10.5. The Morgan fingerprint density at radius 1 is 1.16 bits per heavy atom. The van der Waals surface area contributed by atoms with Crippen LogP contribution in [0.1, 0.15) is 16.8 Å². The molecule has 1 aliphatic heterocycles. The van der Waals surface area contributed by atoms with E-state index in [0.29, 0.717) is 16.3 Å². The number of thioether (sulfide) groups is 1. The summed E-state index contributed by atoms with van der Waals surface area (Å²) in [5, 5.41) is 12.6. The van der Waals surface area contributed by atoms with E-state index in [2.05, 4.69) is 20.9 Å². The molecule has 2 N–H and O–H groups in total. The minimum atomic E-state index is -0.393. The molecule has 4 rings (SSSR count). The molecule has 1 aliphatic rings. The predicted molar refractivity (Wildman–Crippen MR) is 120 cm³/mol. The Balaban J connectivity index is 1.28. The van der Waals surface area contributed by atoms with Gasteiger partial charge < -0.3 is 10.1 Å². The highest BCUT2D eigenvalue weighted by molar-refractivity contribution is 8.18. The maximum Gasteiger partial charge on any atom is 0.290 e. The number of benzene rings is 2. The number of carbonyl (C=O) groups excluding carboxylic acids is 3. The second kappa shape index (κ2) is 9.48. The van der Waals surface area contributed by atoms with Gasteiger partial charge in [0, 0.05) is 5.69 Å². The van der Waals surface area contributed by atoms with Gasteiger partial charge in [0.25, 0.3) is 11.1 Å². The standard InChI is InChI=1S/C22H19N5O4S/c1-14-2-6-16(7-3-14)23-20(28)12-27-11-17(25-26-27)13-31-18-8-4-15(5-9-18)10-19-21(29)24-22(30)32-19/h2-11H,12-13H2,1H3,(H,23,28)(H,24,29,30). The number of anilines is 1. The third-order valence-corrected chi connectivity index (χ3v) is 5.24. The minimum Gasteiger partial charge on any atom is -0.487 e. The normalized spacial score (nSPS) is 14.5. The number of aromatic nitrogens is 3. The molecule has 2 heterocycles. The molecular weight excluding hydrogens is 430 g/mol. The molecule has 1 saturated heterocycles. The zero-order valence-electron chi connectivity index (χ0n) is 17.1. The second-order valence-electron chi connectivity index (χ2n) is 7.03. The molecule has 0 spiro atoms. The van der Waals surface area contributed by atoms with Crippen molar-refractivity contribution in [1.82, 2.24) is 20.3 Å². The Bertz CT molecular complexity index is 1190. The largest absolute Gasteiger partial charge is 0.487 e. The molecule has 2 aromatic carbocycles. The van der Waals surface area contributed by atoms with E-state index < -0.39 is 5.91 Å². The Kier molecular flexibility index (Phi) is 6.31. The van der Waals surface area contributed by atoms with Gasteiger partial charge in [0.05, 0.1) is 11.1 Å². The average Bonchev–Trinajstić information content (AvgIpc) is 3.34.